The summed E-state index contributed by atoms with van der Waals surface area (Å²) in [6.45, 7) is 9.51. The number of methoxy groups -OCH3 is 1. The van der Waals surface area contributed by atoms with Crippen molar-refractivity contribution in [3.63, 3.8) is 0 Å². The van der Waals surface area contributed by atoms with Crippen molar-refractivity contribution in [1.29, 1.82) is 0 Å². The minimum absolute atomic E-state index is 0.0199. The summed E-state index contributed by atoms with van der Waals surface area (Å²) in [4.78, 5) is 12.5. The molecule has 1 amide bonds. The van der Waals surface area contributed by atoms with Crippen LogP contribution in [0, 0.1) is 0 Å². The van der Waals surface area contributed by atoms with Gasteiger partial charge in [0.1, 0.15) is 5.75 Å². The summed E-state index contributed by atoms with van der Waals surface area (Å²) in [7, 11) is 1.65. The van der Waals surface area contributed by atoms with Crippen molar-refractivity contribution in [3.8, 4) is 5.75 Å². The highest BCUT2D eigenvalue weighted by Crippen LogP contribution is 2.32. The van der Waals surface area contributed by atoms with E-state index in [1.165, 1.54) is 11.1 Å². The molecule has 0 atom stereocenters. The smallest absolute Gasteiger partial charge is 0.238 e. The van der Waals surface area contributed by atoms with Crippen LogP contribution in [0.3, 0.4) is 0 Å². The van der Waals surface area contributed by atoms with Gasteiger partial charge >= 0.3 is 0 Å². The van der Waals surface area contributed by atoms with Gasteiger partial charge < -0.3 is 15.4 Å². The standard InChI is InChI=1S/C22H30N2O2/c1-15(2)19-7-6-8-20(16(3)4)22(19)24-21(25)14-23-13-17-9-11-18(26-5)12-10-17/h6-12,15-16,23H,13-14H2,1-5H3,(H,24,25). The van der Waals surface area contributed by atoms with Gasteiger partial charge in [0.2, 0.25) is 5.91 Å². The Morgan fingerprint density at radius 3 is 2.04 bits per heavy atom. The number of hydrogen-bond donors (Lipinski definition) is 2. The van der Waals surface area contributed by atoms with Crippen molar-refractivity contribution in [2.75, 3.05) is 19.0 Å². The van der Waals surface area contributed by atoms with Crippen LogP contribution < -0.4 is 15.4 Å². The second-order valence-electron chi connectivity index (χ2n) is 7.12. The number of nitrogens with one attached hydrogen (secondary N) is 2. The number of rotatable bonds is 8. The zero-order chi connectivity index (χ0) is 19.1. The van der Waals surface area contributed by atoms with E-state index in [1.807, 2.05) is 24.3 Å². The molecule has 2 aromatic carbocycles. The molecular weight excluding hydrogens is 324 g/mol. The molecule has 0 saturated heterocycles. The van der Waals surface area contributed by atoms with Crippen LogP contribution in [0.1, 0.15) is 56.2 Å². The molecule has 0 saturated carbocycles. The van der Waals surface area contributed by atoms with Crippen LogP contribution >= 0.6 is 0 Å². The third-order valence-corrected chi connectivity index (χ3v) is 4.41. The summed E-state index contributed by atoms with van der Waals surface area (Å²) in [5.41, 5.74) is 4.44. The lowest BCUT2D eigenvalue weighted by Gasteiger charge is -2.20. The Morgan fingerprint density at radius 2 is 1.54 bits per heavy atom. The Hall–Kier alpha value is -2.33. The number of para-hydroxylation sites is 1. The van der Waals surface area contributed by atoms with E-state index in [4.69, 9.17) is 4.74 Å². The molecule has 4 nitrogen and oxygen atoms in total. The maximum atomic E-state index is 12.5. The lowest BCUT2D eigenvalue weighted by Crippen LogP contribution is -2.28. The Labute approximate surface area is 157 Å². The molecule has 2 rings (SSSR count). The average molecular weight is 354 g/mol. The van der Waals surface area contributed by atoms with E-state index >= 15 is 0 Å². The van der Waals surface area contributed by atoms with Gasteiger partial charge in [0, 0.05) is 12.2 Å². The molecule has 0 fully saturated rings. The van der Waals surface area contributed by atoms with E-state index in [2.05, 4.69) is 56.5 Å². The van der Waals surface area contributed by atoms with Gasteiger partial charge in [-0.2, -0.15) is 0 Å². The van der Waals surface area contributed by atoms with Crippen LogP contribution in [-0.2, 0) is 11.3 Å². The predicted octanol–water partition coefficient (Wildman–Crippen LogP) is 4.67. The zero-order valence-electron chi connectivity index (χ0n) is 16.4. The third-order valence-electron chi connectivity index (χ3n) is 4.41. The molecule has 0 aliphatic carbocycles. The Bertz CT molecular complexity index is 695. The Balaban J connectivity index is 1.98. The van der Waals surface area contributed by atoms with Crippen molar-refractivity contribution in [1.82, 2.24) is 5.32 Å². The van der Waals surface area contributed by atoms with Gasteiger partial charge in [0.25, 0.3) is 0 Å². The van der Waals surface area contributed by atoms with Gasteiger partial charge in [0.05, 0.1) is 13.7 Å². The highest BCUT2D eigenvalue weighted by atomic mass is 16.5. The van der Waals surface area contributed by atoms with Crippen molar-refractivity contribution < 1.29 is 9.53 Å². The number of amides is 1. The van der Waals surface area contributed by atoms with E-state index in [9.17, 15) is 4.79 Å². The van der Waals surface area contributed by atoms with Gasteiger partial charge in [-0.1, -0.05) is 58.0 Å². The molecule has 4 heteroatoms. The summed E-state index contributed by atoms with van der Waals surface area (Å²) in [6, 6.07) is 14.1. The fraction of sp³-hybridized carbons (Fsp3) is 0.409. The molecular formula is C22H30N2O2. The van der Waals surface area contributed by atoms with Gasteiger partial charge in [-0.05, 0) is 40.7 Å². The van der Waals surface area contributed by atoms with Gasteiger partial charge in [-0.25, -0.2) is 0 Å². The first-order valence-electron chi connectivity index (χ1n) is 9.18. The van der Waals surface area contributed by atoms with Crippen LogP contribution in [0.5, 0.6) is 5.75 Å². The van der Waals surface area contributed by atoms with E-state index < -0.39 is 0 Å². The lowest BCUT2D eigenvalue weighted by molar-refractivity contribution is -0.115. The van der Waals surface area contributed by atoms with Gasteiger partial charge in [-0.3, -0.25) is 4.79 Å². The highest BCUT2D eigenvalue weighted by molar-refractivity contribution is 5.94. The predicted molar refractivity (Wildman–Crippen MR) is 108 cm³/mol. The van der Waals surface area contributed by atoms with Gasteiger partial charge in [0.15, 0.2) is 0 Å². The molecule has 0 unspecified atom stereocenters. The number of anilines is 1. The average Bonchev–Trinajstić information content (AvgIpc) is 2.62. The first-order valence-corrected chi connectivity index (χ1v) is 9.18. The van der Waals surface area contributed by atoms with E-state index in [0.29, 0.717) is 18.4 Å². The van der Waals surface area contributed by atoms with Crippen molar-refractivity contribution in [2.24, 2.45) is 0 Å². The first-order chi connectivity index (χ1) is 12.4. The number of carbonyl (C=O) groups is 1. The van der Waals surface area contributed by atoms with Crippen LogP contribution in [0.15, 0.2) is 42.5 Å². The number of benzene rings is 2. The second kappa shape index (κ2) is 9.39. The third kappa shape index (κ3) is 5.33. The zero-order valence-corrected chi connectivity index (χ0v) is 16.4. The molecule has 2 N–H and O–H groups in total. The second-order valence-corrected chi connectivity index (χ2v) is 7.12. The van der Waals surface area contributed by atoms with Crippen molar-refractivity contribution in [3.05, 3.63) is 59.2 Å². The van der Waals surface area contributed by atoms with Crippen LogP contribution in [-0.4, -0.2) is 19.6 Å². The van der Waals surface area contributed by atoms with Crippen molar-refractivity contribution in [2.45, 2.75) is 46.1 Å². The van der Waals surface area contributed by atoms with Gasteiger partial charge in [-0.15, -0.1) is 0 Å². The molecule has 26 heavy (non-hydrogen) atoms. The molecule has 0 heterocycles. The van der Waals surface area contributed by atoms with E-state index in [1.54, 1.807) is 7.11 Å². The molecule has 2 aromatic rings. The summed E-state index contributed by atoms with van der Waals surface area (Å²) < 4.78 is 5.15. The quantitative estimate of drug-likeness (QED) is 0.724. The lowest BCUT2D eigenvalue weighted by atomic mass is 9.92. The number of hydrogen-bond acceptors (Lipinski definition) is 3. The largest absolute Gasteiger partial charge is 0.497 e. The molecule has 0 bridgehead atoms. The molecule has 0 spiro atoms. The topological polar surface area (TPSA) is 50.4 Å². The normalized spacial score (nSPS) is 11.0. The molecule has 0 aliphatic heterocycles. The Kier molecular flexibility index (Phi) is 7.22. The summed E-state index contributed by atoms with van der Waals surface area (Å²) in [6.07, 6.45) is 0. The minimum atomic E-state index is -0.0199. The van der Waals surface area contributed by atoms with Crippen LogP contribution in [0.25, 0.3) is 0 Å². The van der Waals surface area contributed by atoms with E-state index in [0.717, 1.165) is 17.0 Å². The van der Waals surface area contributed by atoms with E-state index in [-0.39, 0.29) is 12.5 Å². The van der Waals surface area contributed by atoms with Crippen molar-refractivity contribution >= 4 is 11.6 Å². The van der Waals surface area contributed by atoms with Crippen LogP contribution in [0.4, 0.5) is 5.69 Å². The molecule has 0 radical (unpaired) electrons. The number of ether oxygens (including phenoxy) is 1. The molecule has 140 valence electrons. The molecule has 0 aromatic heterocycles. The first kappa shape index (κ1) is 20.0. The number of carbonyl (C=O) groups excluding carboxylic acids is 1. The monoisotopic (exact) mass is 354 g/mol. The minimum Gasteiger partial charge on any atom is -0.497 e. The summed E-state index contributed by atoms with van der Waals surface area (Å²) in [5.74, 6) is 1.53. The fourth-order valence-corrected chi connectivity index (χ4v) is 2.94. The maximum Gasteiger partial charge on any atom is 0.238 e. The Morgan fingerprint density at radius 1 is 0.962 bits per heavy atom. The SMILES string of the molecule is COc1ccc(CNCC(=O)Nc2c(C(C)C)cccc2C(C)C)cc1. The fourth-order valence-electron chi connectivity index (χ4n) is 2.94. The summed E-state index contributed by atoms with van der Waals surface area (Å²) >= 11 is 0. The highest BCUT2D eigenvalue weighted by Gasteiger charge is 2.15. The maximum absolute atomic E-state index is 12.5. The van der Waals surface area contributed by atoms with Crippen LogP contribution in [0.2, 0.25) is 0 Å². The molecule has 0 aliphatic rings. The summed E-state index contributed by atoms with van der Waals surface area (Å²) in [5, 5.41) is 6.33.